The first-order chi connectivity index (χ1) is 9.65. The largest absolute Gasteiger partial charge is 0.382 e. The highest BCUT2D eigenvalue weighted by atomic mass is 19.1. The summed E-state index contributed by atoms with van der Waals surface area (Å²) >= 11 is 0. The zero-order valence-electron chi connectivity index (χ0n) is 11.9. The van der Waals surface area contributed by atoms with E-state index in [0.29, 0.717) is 38.4 Å². The third kappa shape index (κ3) is 6.23. The van der Waals surface area contributed by atoms with E-state index in [0.717, 1.165) is 0 Å². The van der Waals surface area contributed by atoms with E-state index in [2.05, 4.69) is 0 Å². The first-order valence-corrected chi connectivity index (χ1v) is 6.63. The SMILES string of the molecule is COCCOCCCOC(C)C(=O)c1ccc(F)cc1. The quantitative estimate of drug-likeness (QED) is 0.489. The number of rotatable bonds is 10. The average Bonchev–Trinajstić information content (AvgIpc) is 2.46. The molecule has 0 heterocycles. The summed E-state index contributed by atoms with van der Waals surface area (Å²) in [6, 6.07) is 5.46. The highest BCUT2D eigenvalue weighted by Gasteiger charge is 2.15. The summed E-state index contributed by atoms with van der Waals surface area (Å²) in [5.41, 5.74) is 0.454. The van der Waals surface area contributed by atoms with Crippen molar-refractivity contribution in [2.75, 3.05) is 33.5 Å². The van der Waals surface area contributed by atoms with E-state index in [-0.39, 0.29) is 11.6 Å². The zero-order valence-corrected chi connectivity index (χ0v) is 11.9. The molecule has 0 aliphatic rings. The van der Waals surface area contributed by atoms with Crippen molar-refractivity contribution in [2.45, 2.75) is 19.4 Å². The van der Waals surface area contributed by atoms with Crippen LogP contribution in [0.1, 0.15) is 23.7 Å². The molecule has 0 aliphatic carbocycles. The fourth-order valence-electron chi connectivity index (χ4n) is 1.59. The van der Waals surface area contributed by atoms with Crippen LogP contribution in [0.4, 0.5) is 4.39 Å². The van der Waals surface area contributed by atoms with E-state index < -0.39 is 6.10 Å². The molecule has 1 rings (SSSR count). The maximum atomic E-state index is 12.8. The standard InChI is InChI=1S/C15H21FO4/c1-12(20-9-3-8-19-11-10-18-2)15(17)13-4-6-14(16)7-5-13/h4-7,12H,3,8-11H2,1-2H3. The van der Waals surface area contributed by atoms with Crippen LogP contribution in [0.3, 0.4) is 0 Å². The topological polar surface area (TPSA) is 44.8 Å². The van der Waals surface area contributed by atoms with Gasteiger partial charge in [-0.1, -0.05) is 0 Å². The highest BCUT2D eigenvalue weighted by Crippen LogP contribution is 2.08. The summed E-state index contributed by atoms with van der Waals surface area (Å²) in [6.45, 7) is 3.83. The van der Waals surface area contributed by atoms with Crippen LogP contribution in [0.2, 0.25) is 0 Å². The molecule has 0 aromatic heterocycles. The first kappa shape index (κ1) is 16.8. The molecule has 0 radical (unpaired) electrons. The number of carbonyl (C=O) groups is 1. The molecular formula is C15H21FO4. The minimum absolute atomic E-state index is 0.148. The fraction of sp³-hybridized carbons (Fsp3) is 0.533. The maximum Gasteiger partial charge on any atom is 0.191 e. The maximum absolute atomic E-state index is 12.8. The Balaban J connectivity index is 2.20. The Morgan fingerprint density at radius 2 is 1.85 bits per heavy atom. The molecule has 0 fully saturated rings. The predicted molar refractivity (Wildman–Crippen MR) is 73.5 cm³/mol. The van der Waals surface area contributed by atoms with Crippen LogP contribution < -0.4 is 0 Å². The van der Waals surface area contributed by atoms with Crippen LogP contribution in [-0.2, 0) is 14.2 Å². The molecule has 112 valence electrons. The molecule has 20 heavy (non-hydrogen) atoms. The number of carbonyl (C=O) groups excluding carboxylic acids is 1. The van der Waals surface area contributed by atoms with Crippen molar-refractivity contribution in [3.8, 4) is 0 Å². The minimum Gasteiger partial charge on any atom is -0.382 e. The van der Waals surface area contributed by atoms with Crippen LogP contribution in [0.15, 0.2) is 24.3 Å². The molecule has 0 bridgehead atoms. The molecule has 1 atom stereocenters. The van der Waals surface area contributed by atoms with Gasteiger partial charge in [0.1, 0.15) is 11.9 Å². The van der Waals surface area contributed by atoms with Crippen LogP contribution >= 0.6 is 0 Å². The molecule has 0 N–H and O–H groups in total. The second-order valence-electron chi connectivity index (χ2n) is 4.34. The summed E-state index contributed by atoms with van der Waals surface area (Å²) in [6.07, 6.45) is 0.171. The Bertz CT molecular complexity index is 391. The van der Waals surface area contributed by atoms with E-state index in [1.165, 1.54) is 24.3 Å². The zero-order chi connectivity index (χ0) is 14.8. The number of methoxy groups -OCH3 is 1. The second kappa shape index (κ2) is 9.58. The minimum atomic E-state index is -0.542. The lowest BCUT2D eigenvalue weighted by atomic mass is 10.1. The number of halogens is 1. The number of hydrogen-bond acceptors (Lipinski definition) is 4. The molecule has 0 aliphatic heterocycles. The molecule has 0 saturated heterocycles. The summed E-state index contributed by atoms with van der Waals surface area (Å²) < 4.78 is 28.3. The van der Waals surface area contributed by atoms with Crippen LogP contribution in [0.5, 0.6) is 0 Å². The van der Waals surface area contributed by atoms with Crippen molar-refractivity contribution >= 4 is 5.78 Å². The predicted octanol–water partition coefficient (Wildman–Crippen LogP) is 2.47. The van der Waals surface area contributed by atoms with Gasteiger partial charge in [0.25, 0.3) is 0 Å². The Labute approximate surface area is 118 Å². The second-order valence-corrected chi connectivity index (χ2v) is 4.34. The van der Waals surface area contributed by atoms with Gasteiger partial charge in [-0.25, -0.2) is 4.39 Å². The van der Waals surface area contributed by atoms with Crippen molar-refractivity contribution in [1.82, 2.24) is 0 Å². The van der Waals surface area contributed by atoms with Gasteiger partial charge < -0.3 is 14.2 Å². The molecule has 5 heteroatoms. The van der Waals surface area contributed by atoms with Gasteiger partial charge in [-0.2, -0.15) is 0 Å². The van der Waals surface area contributed by atoms with E-state index in [9.17, 15) is 9.18 Å². The van der Waals surface area contributed by atoms with Gasteiger partial charge in [-0.05, 0) is 37.6 Å². The van der Waals surface area contributed by atoms with Crippen molar-refractivity contribution in [2.24, 2.45) is 0 Å². The van der Waals surface area contributed by atoms with Crippen LogP contribution in [-0.4, -0.2) is 45.4 Å². The normalized spacial score (nSPS) is 12.3. The average molecular weight is 284 g/mol. The fourth-order valence-corrected chi connectivity index (χ4v) is 1.59. The van der Waals surface area contributed by atoms with E-state index in [1.54, 1.807) is 14.0 Å². The lowest BCUT2D eigenvalue weighted by Gasteiger charge is -2.12. The van der Waals surface area contributed by atoms with Crippen molar-refractivity contribution in [3.63, 3.8) is 0 Å². The third-order valence-electron chi connectivity index (χ3n) is 2.73. The van der Waals surface area contributed by atoms with Gasteiger partial charge in [0.05, 0.1) is 13.2 Å². The number of ether oxygens (including phenoxy) is 3. The summed E-state index contributed by atoms with van der Waals surface area (Å²) in [5.74, 6) is -0.506. The molecule has 0 amide bonds. The third-order valence-corrected chi connectivity index (χ3v) is 2.73. The highest BCUT2D eigenvalue weighted by molar-refractivity contribution is 5.99. The van der Waals surface area contributed by atoms with Gasteiger partial charge in [0, 0.05) is 25.9 Å². The van der Waals surface area contributed by atoms with Gasteiger partial charge in [0.2, 0.25) is 0 Å². The van der Waals surface area contributed by atoms with Crippen molar-refractivity contribution in [3.05, 3.63) is 35.6 Å². The van der Waals surface area contributed by atoms with Gasteiger partial charge in [-0.3, -0.25) is 4.79 Å². The number of benzene rings is 1. The monoisotopic (exact) mass is 284 g/mol. The van der Waals surface area contributed by atoms with Gasteiger partial charge in [0.15, 0.2) is 5.78 Å². The van der Waals surface area contributed by atoms with Crippen molar-refractivity contribution < 1.29 is 23.4 Å². The Morgan fingerprint density at radius 3 is 2.50 bits per heavy atom. The Kier molecular flexibility index (Phi) is 8.02. The van der Waals surface area contributed by atoms with Crippen LogP contribution in [0.25, 0.3) is 0 Å². The molecular weight excluding hydrogens is 263 g/mol. The molecule has 4 nitrogen and oxygen atoms in total. The van der Waals surface area contributed by atoms with E-state index in [1.807, 2.05) is 0 Å². The first-order valence-electron chi connectivity index (χ1n) is 6.63. The lowest BCUT2D eigenvalue weighted by molar-refractivity contribution is 0.0286. The number of ketones is 1. The molecule has 0 spiro atoms. The van der Waals surface area contributed by atoms with Gasteiger partial charge in [-0.15, -0.1) is 0 Å². The molecule has 0 saturated carbocycles. The summed E-state index contributed by atoms with van der Waals surface area (Å²) in [5, 5.41) is 0. The Morgan fingerprint density at radius 1 is 1.15 bits per heavy atom. The van der Waals surface area contributed by atoms with E-state index >= 15 is 0 Å². The van der Waals surface area contributed by atoms with Crippen LogP contribution in [0, 0.1) is 5.82 Å². The molecule has 1 aromatic carbocycles. The summed E-state index contributed by atoms with van der Waals surface area (Å²) in [4.78, 5) is 12.0. The smallest absolute Gasteiger partial charge is 0.191 e. The molecule has 1 unspecified atom stereocenters. The van der Waals surface area contributed by atoms with Gasteiger partial charge >= 0.3 is 0 Å². The molecule has 1 aromatic rings. The van der Waals surface area contributed by atoms with E-state index in [4.69, 9.17) is 14.2 Å². The number of Topliss-reactive ketones (excluding diaryl/α,β-unsaturated/α-hetero) is 1. The Hall–Kier alpha value is -1.30. The number of hydrogen-bond donors (Lipinski definition) is 0. The lowest BCUT2D eigenvalue weighted by Crippen LogP contribution is -2.22. The van der Waals surface area contributed by atoms with Crippen molar-refractivity contribution in [1.29, 1.82) is 0 Å². The summed E-state index contributed by atoms with van der Waals surface area (Å²) in [7, 11) is 1.62.